The highest BCUT2D eigenvalue weighted by molar-refractivity contribution is 5.87. The molecule has 0 spiro atoms. The molecule has 1 unspecified atom stereocenters. The monoisotopic (exact) mass is 302 g/mol. The molecule has 22 heavy (non-hydrogen) atoms. The second-order valence-electron chi connectivity index (χ2n) is 6.66. The lowest BCUT2D eigenvalue weighted by Gasteiger charge is -2.68. The van der Waals surface area contributed by atoms with Crippen molar-refractivity contribution in [2.75, 3.05) is 13.2 Å². The van der Waals surface area contributed by atoms with Crippen LogP contribution in [-0.4, -0.2) is 35.7 Å². The summed E-state index contributed by atoms with van der Waals surface area (Å²) in [6.45, 7) is 1.12. The largest absolute Gasteiger partial charge is 0.492 e. The number of ether oxygens (including phenoxy) is 1. The summed E-state index contributed by atoms with van der Waals surface area (Å²) in [6, 6.07) is 7.07. The highest BCUT2D eigenvalue weighted by Gasteiger charge is 2.72. The molecule has 1 aliphatic heterocycles. The number of carbonyl (C=O) groups excluding carboxylic acids is 1. The molecule has 0 aromatic heterocycles. The Hall–Kier alpha value is -2.08. The van der Waals surface area contributed by atoms with Crippen LogP contribution in [0.1, 0.15) is 30.9 Å². The lowest BCUT2D eigenvalue weighted by atomic mass is 9.39. The first-order valence-electron chi connectivity index (χ1n) is 7.54. The maximum atomic E-state index is 12.6. The standard InChI is InChI=1S/C16H18N2O4/c19-13(18-16-7-15(8-16,9-16)14(20)21)12-10-3-1-2-4-11(10)22-6-5-17-12/h1-4,12,17H,5-9H2,(H,18,19)(H,20,21). The van der Waals surface area contributed by atoms with E-state index in [4.69, 9.17) is 9.84 Å². The Kier molecular flexibility index (Phi) is 2.75. The number of rotatable bonds is 3. The first kappa shape index (κ1) is 13.6. The Bertz CT molecular complexity index is 638. The second kappa shape index (κ2) is 4.46. The maximum absolute atomic E-state index is 12.6. The van der Waals surface area contributed by atoms with Crippen molar-refractivity contribution < 1.29 is 19.4 Å². The van der Waals surface area contributed by atoms with Crippen LogP contribution >= 0.6 is 0 Å². The van der Waals surface area contributed by atoms with Crippen molar-refractivity contribution in [3.8, 4) is 5.75 Å². The molecule has 116 valence electrons. The minimum atomic E-state index is -0.741. The number of aliphatic carboxylic acids is 1. The number of hydrogen-bond acceptors (Lipinski definition) is 4. The number of carboxylic acids is 1. The third kappa shape index (κ3) is 1.83. The van der Waals surface area contributed by atoms with Gasteiger partial charge in [0.25, 0.3) is 0 Å². The number of benzene rings is 1. The van der Waals surface area contributed by atoms with Crippen molar-refractivity contribution in [3.63, 3.8) is 0 Å². The van der Waals surface area contributed by atoms with Gasteiger partial charge in [-0.3, -0.25) is 14.9 Å². The molecule has 0 radical (unpaired) electrons. The molecule has 1 atom stereocenters. The van der Waals surface area contributed by atoms with Gasteiger partial charge in [-0.05, 0) is 25.3 Å². The van der Waals surface area contributed by atoms with E-state index in [1.54, 1.807) is 0 Å². The number of hydrogen-bond donors (Lipinski definition) is 3. The van der Waals surface area contributed by atoms with Crippen molar-refractivity contribution in [2.45, 2.75) is 30.8 Å². The average molecular weight is 302 g/mol. The SMILES string of the molecule is O=C(NC12CC(C(=O)O)(C1)C2)C1NCCOc2ccccc21. The van der Waals surface area contributed by atoms with E-state index < -0.39 is 17.4 Å². The summed E-state index contributed by atoms with van der Waals surface area (Å²) in [5, 5.41) is 15.4. The summed E-state index contributed by atoms with van der Waals surface area (Å²) in [5.41, 5.74) is -0.0539. The predicted molar refractivity (Wildman–Crippen MR) is 77.5 cm³/mol. The van der Waals surface area contributed by atoms with Crippen LogP contribution in [0.5, 0.6) is 5.75 Å². The summed E-state index contributed by atoms with van der Waals surface area (Å²) in [4.78, 5) is 23.8. The second-order valence-corrected chi connectivity index (χ2v) is 6.66. The van der Waals surface area contributed by atoms with Gasteiger partial charge in [-0.1, -0.05) is 18.2 Å². The fourth-order valence-electron chi connectivity index (χ4n) is 4.04. The molecule has 1 aromatic carbocycles. The zero-order chi connectivity index (χ0) is 15.4. The topological polar surface area (TPSA) is 87.7 Å². The third-order valence-corrected chi connectivity index (χ3v) is 5.07. The summed E-state index contributed by atoms with van der Waals surface area (Å²) in [7, 11) is 0. The molecular weight excluding hydrogens is 284 g/mol. The molecule has 3 N–H and O–H groups in total. The highest BCUT2D eigenvalue weighted by atomic mass is 16.5. The summed E-state index contributed by atoms with van der Waals surface area (Å²) in [6.07, 6.45) is 1.64. The molecule has 5 rings (SSSR count). The first-order valence-corrected chi connectivity index (χ1v) is 7.54. The fourth-order valence-corrected chi connectivity index (χ4v) is 4.04. The molecule has 3 fully saturated rings. The first-order chi connectivity index (χ1) is 10.5. The summed E-state index contributed by atoms with van der Waals surface area (Å²) >= 11 is 0. The van der Waals surface area contributed by atoms with Crippen LogP contribution in [0.4, 0.5) is 0 Å². The third-order valence-electron chi connectivity index (χ3n) is 5.07. The molecule has 1 heterocycles. The van der Waals surface area contributed by atoms with E-state index in [1.165, 1.54) is 0 Å². The molecule has 0 saturated heterocycles. The summed E-state index contributed by atoms with van der Waals surface area (Å²) < 4.78 is 5.64. The van der Waals surface area contributed by atoms with Crippen molar-refractivity contribution in [2.24, 2.45) is 5.41 Å². The van der Waals surface area contributed by atoms with Crippen LogP contribution in [0, 0.1) is 5.41 Å². The van der Waals surface area contributed by atoms with Gasteiger partial charge in [-0.2, -0.15) is 0 Å². The van der Waals surface area contributed by atoms with Crippen LogP contribution in [0.25, 0.3) is 0 Å². The average Bonchev–Trinajstić information content (AvgIpc) is 2.62. The summed E-state index contributed by atoms with van der Waals surface area (Å²) in [5.74, 6) is -0.112. The number of nitrogens with one attached hydrogen (secondary N) is 2. The van der Waals surface area contributed by atoms with Gasteiger partial charge >= 0.3 is 5.97 Å². The van der Waals surface area contributed by atoms with Crippen LogP contribution < -0.4 is 15.4 Å². The minimum Gasteiger partial charge on any atom is -0.492 e. The van der Waals surface area contributed by atoms with Gasteiger partial charge in [-0.25, -0.2) is 0 Å². The van der Waals surface area contributed by atoms with Gasteiger partial charge in [0.05, 0.1) is 5.41 Å². The molecular formula is C16H18N2O4. The van der Waals surface area contributed by atoms with E-state index in [0.29, 0.717) is 32.4 Å². The number of fused-ring (bicyclic) bond motifs is 1. The minimum absolute atomic E-state index is 0.100. The van der Waals surface area contributed by atoms with Gasteiger partial charge in [0.1, 0.15) is 18.4 Å². The van der Waals surface area contributed by atoms with E-state index in [0.717, 1.165) is 11.3 Å². The van der Waals surface area contributed by atoms with Crippen molar-refractivity contribution in [3.05, 3.63) is 29.8 Å². The molecule has 4 aliphatic rings. The maximum Gasteiger partial charge on any atom is 0.309 e. The Morgan fingerprint density at radius 1 is 1.27 bits per heavy atom. The fraction of sp³-hybridized carbons (Fsp3) is 0.500. The zero-order valence-corrected chi connectivity index (χ0v) is 12.1. The number of amides is 1. The molecule has 6 heteroatoms. The Morgan fingerprint density at radius 2 is 2.00 bits per heavy atom. The highest BCUT2D eigenvalue weighted by Crippen LogP contribution is 2.67. The van der Waals surface area contributed by atoms with Crippen LogP contribution in [0.2, 0.25) is 0 Å². The van der Waals surface area contributed by atoms with Crippen LogP contribution in [0.15, 0.2) is 24.3 Å². The molecule has 1 aromatic rings. The van der Waals surface area contributed by atoms with E-state index in [9.17, 15) is 9.59 Å². The van der Waals surface area contributed by atoms with Crippen LogP contribution in [-0.2, 0) is 9.59 Å². The zero-order valence-electron chi connectivity index (χ0n) is 12.1. The smallest absolute Gasteiger partial charge is 0.309 e. The van der Waals surface area contributed by atoms with Gasteiger partial charge in [-0.15, -0.1) is 0 Å². The van der Waals surface area contributed by atoms with Crippen molar-refractivity contribution >= 4 is 11.9 Å². The predicted octanol–water partition coefficient (Wildman–Crippen LogP) is 0.833. The lowest BCUT2D eigenvalue weighted by molar-refractivity contribution is -0.200. The molecule has 2 bridgehead atoms. The van der Waals surface area contributed by atoms with Crippen molar-refractivity contribution in [1.82, 2.24) is 10.6 Å². The molecule has 3 aliphatic carbocycles. The molecule has 6 nitrogen and oxygen atoms in total. The van der Waals surface area contributed by atoms with Gasteiger partial charge in [0.15, 0.2) is 0 Å². The Balaban J connectivity index is 1.49. The van der Waals surface area contributed by atoms with Gasteiger partial charge in [0, 0.05) is 17.6 Å². The quantitative estimate of drug-likeness (QED) is 0.770. The molecule has 3 saturated carbocycles. The van der Waals surface area contributed by atoms with E-state index in [2.05, 4.69) is 10.6 Å². The van der Waals surface area contributed by atoms with Gasteiger partial charge < -0.3 is 15.2 Å². The Labute approximate surface area is 127 Å². The van der Waals surface area contributed by atoms with E-state index in [-0.39, 0.29) is 11.4 Å². The van der Waals surface area contributed by atoms with E-state index >= 15 is 0 Å². The lowest BCUT2D eigenvalue weighted by Crippen LogP contribution is -2.77. The number of carboxylic acid groups (broad SMARTS) is 1. The number of para-hydroxylation sites is 1. The normalized spacial score (nSPS) is 35.0. The number of carbonyl (C=O) groups is 2. The van der Waals surface area contributed by atoms with Crippen LogP contribution in [0.3, 0.4) is 0 Å². The molecule has 1 amide bonds. The van der Waals surface area contributed by atoms with E-state index in [1.807, 2.05) is 24.3 Å². The van der Waals surface area contributed by atoms with Gasteiger partial charge in [0.2, 0.25) is 5.91 Å². The van der Waals surface area contributed by atoms with Crippen molar-refractivity contribution in [1.29, 1.82) is 0 Å². The Morgan fingerprint density at radius 3 is 2.73 bits per heavy atom.